The largest absolute Gasteiger partial charge is 0.478 e. The van der Waals surface area contributed by atoms with Gasteiger partial charge in [-0.3, -0.25) is 0 Å². The molecule has 0 saturated heterocycles. The molecule has 6 nitrogen and oxygen atoms in total. The van der Waals surface area contributed by atoms with Gasteiger partial charge in [-0.25, -0.2) is 9.59 Å². The number of hydrogen-bond acceptors (Lipinski definition) is 3. The number of carboxylic acids is 1. The Morgan fingerprint density at radius 3 is 2.47 bits per heavy atom. The van der Waals surface area contributed by atoms with Crippen molar-refractivity contribution in [3.63, 3.8) is 0 Å². The zero-order valence-corrected chi connectivity index (χ0v) is 9.41. The highest BCUT2D eigenvalue weighted by Gasteiger charge is 2.27. The van der Waals surface area contributed by atoms with E-state index in [9.17, 15) is 22.8 Å². The maximum Gasteiger partial charge on any atom is 0.405 e. The molecule has 0 spiro atoms. The van der Waals surface area contributed by atoms with Crippen molar-refractivity contribution in [1.82, 2.24) is 5.32 Å². The lowest BCUT2D eigenvalue weighted by atomic mass is 10.1. The molecule has 0 heterocycles. The maximum atomic E-state index is 11.9. The van der Waals surface area contributed by atoms with E-state index in [4.69, 9.17) is 10.8 Å². The van der Waals surface area contributed by atoms with E-state index in [0.29, 0.717) is 0 Å². The molecule has 0 atom stereocenters. The van der Waals surface area contributed by atoms with Gasteiger partial charge in [0, 0.05) is 5.69 Å². The molecule has 0 fully saturated rings. The standard InChI is InChI=1S/C10H10F3N3O3/c11-10(12,13)4-15-9(19)16-7-3-5(14)1-2-6(7)8(17)18/h1-3H,4,14H2,(H,17,18)(H2,15,16,19). The van der Waals surface area contributed by atoms with E-state index in [0.717, 1.165) is 12.1 Å². The Balaban J connectivity index is 2.78. The van der Waals surface area contributed by atoms with Gasteiger partial charge in [0.1, 0.15) is 6.54 Å². The van der Waals surface area contributed by atoms with E-state index >= 15 is 0 Å². The number of carbonyl (C=O) groups excluding carboxylic acids is 1. The Bertz CT molecular complexity index is 503. The van der Waals surface area contributed by atoms with Gasteiger partial charge in [-0.1, -0.05) is 0 Å². The first-order valence-electron chi connectivity index (χ1n) is 4.93. The minimum atomic E-state index is -4.55. The summed E-state index contributed by atoms with van der Waals surface area (Å²) < 4.78 is 35.6. The number of halogens is 3. The highest BCUT2D eigenvalue weighted by molar-refractivity contribution is 6.00. The first-order valence-corrected chi connectivity index (χ1v) is 4.93. The smallest absolute Gasteiger partial charge is 0.405 e. The quantitative estimate of drug-likeness (QED) is 0.630. The van der Waals surface area contributed by atoms with Gasteiger partial charge in [-0.05, 0) is 18.2 Å². The predicted molar refractivity (Wildman–Crippen MR) is 60.9 cm³/mol. The number of carboxylic acid groups (broad SMARTS) is 1. The first-order chi connectivity index (χ1) is 8.69. The molecule has 0 aliphatic rings. The molecule has 0 saturated carbocycles. The molecule has 19 heavy (non-hydrogen) atoms. The second-order valence-electron chi connectivity index (χ2n) is 3.53. The van der Waals surface area contributed by atoms with E-state index in [-0.39, 0.29) is 16.9 Å². The average molecular weight is 277 g/mol. The summed E-state index contributed by atoms with van der Waals surface area (Å²) in [6.07, 6.45) is -4.55. The molecule has 9 heteroatoms. The number of nitrogens with two attached hydrogens (primary N) is 1. The molecular formula is C10H10F3N3O3. The van der Waals surface area contributed by atoms with Gasteiger partial charge in [0.25, 0.3) is 0 Å². The number of nitrogen functional groups attached to an aromatic ring is 1. The summed E-state index contributed by atoms with van der Waals surface area (Å²) in [5, 5.41) is 12.4. The Labute approximate surface area is 105 Å². The zero-order chi connectivity index (χ0) is 14.6. The summed E-state index contributed by atoms with van der Waals surface area (Å²) in [7, 11) is 0. The molecular weight excluding hydrogens is 267 g/mol. The van der Waals surface area contributed by atoms with Gasteiger partial charge in [-0.2, -0.15) is 13.2 Å². The maximum absolute atomic E-state index is 11.9. The van der Waals surface area contributed by atoms with Crippen LogP contribution in [0.15, 0.2) is 18.2 Å². The fourth-order valence-corrected chi connectivity index (χ4v) is 1.20. The second kappa shape index (κ2) is 5.46. The molecule has 2 amide bonds. The first kappa shape index (κ1) is 14.6. The normalized spacial score (nSPS) is 10.9. The third-order valence-electron chi connectivity index (χ3n) is 1.97. The van der Waals surface area contributed by atoms with Crippen LogP contribution in [0.2, 0.25) is 0 Å². The number of carbonyl (C=O) groups is 2. The monoisotopic (exact) mass is 277 g/mol. The zero-order valence-electron chi connectivity index (χ0n) is 9.41. The number of nitrogens with one attached hydrogen (secondary N) is 2. The van der Waals surface area contributed by atoms with E-state index in [1.165, 1.54) is 6.07 Å². The number of benzene rings is 1. The van der Waals surface area contributed by atoms with Crippen molar-refractivity contribution in [2.24, 2.45) is 0 Å². The number of urea groups is 1. The summed E-state index contributed by atoms with van der Waals surface area (Å²) in [5.74, 6) is -1.34. The molecule has 1 rings (SSSR count). The molecule has 0 bridgehead atoms. The highest BCUT2D eigenvalue weighted by Crippen LogP contribution is 2.19. The number of hydrogen-bond donors (Lipinski definition) is 4. The molecule has 0 aromatic heterocycles. The number of rotatable bonds is 3. The van der Waals surface area contributed by atoms with Crippen molar-refractivity contribution in [3.05, 3.63) is 23.8 Å². The van der Waals surface area contributed by atoms with Crippen LogP contribution in [0.5, 0.6) is 0 Å². The van der Waals surface area contributed by atoms with Crippen LogP contribution in [-0.2, 0) is 0 Å². The van der Waals surface area contributed by atoms with E-state index in [2.05, 4.69) is 0 Å². The third-order valence-corrected chi connectivity index (χ3v) is 1.97. The van der Waals surface area contributed by atoms with E-state index in [1.54, 1.807) is 5.32 Å². The van der Waals surface area contributed by atoms with Crippen molar-refractivity contribution >= 4 is 23.4 Å². The Morgan fingerprint density at radius 2 is 1.95 bits per heavy atom. The molecule has 104 valence electrons. The molecule has 0 aliphatic heterocycles. The Kier molecular flexibility index (Phi) is 4.20. The van der Waals surface area contributed by atoms with Crippen LogP contribution in [0.1, 0.15) is 10.4 Å². The van der Waals surface area contributed by atoms with Gasteiger partial charge < -0.3 is 21.5 Å². The van der Waals surface area contributed by atoms with Crippen molar-refractivity contribution < 1.29 is 27.9 Å². The van der Waals surface area contributed by atoms with E-state index < -0.39 is 24.7 Å². The van der Waals surface area contributed by atoms with Gasteiger partial charge in [0.05, 0.1) is 11.3 Å². The number of alkyl halides is 3. The van der Waals surface area contributed by atoms with Crippen LogP contribution in [0.4, 0.5) is 29.3 Å². The molecule has 1 aromatic rings. The van der Waals surface area contributed by atoms with Crippen LogP contribution in [0.3, 0.4) is 0 Å². The number of anilines is 2. The van der Waals surface area contributed by atoms with Crippen LogP contribution >= 0.6 is 0 Å². The third kappa shape index (κ3) is 4.74. The molecule has 0 radical (unpaired) electrons. The lowest BCUT2D eigenvalue weighted by Gasteiger charge is -2.11. The van der Waals surface area contributed by atoms with Crippen LogP contribution in [-0.4, -0.2) is 29.8 Å². The molecule has 5 N–H and O–H groups in total. The topological polar surface area (TPSA) is 104 Å². The molecule has 1 aromatic carbocycles. The van der Waals surface area contributed by atoms with Crippen molar-refractivity contribution in [1.29, 1.82) is 0 Å². The highest BCUT2D eigenvalue weighted by atomic mass is 19.4. The van der Waals surface area contributed by atoms with Gasteiger partial charge >= 0.3 is 18.2 Å². The second-order valence-corrected chi connectivity index (χ2v) is 3.53. The summed E-state index contributed by atoms with van der Waals surface area (Å²) >= 11 is 0. The summed E-state index contributed by atoms with van der Waals surface area (Å²) in [6.45, 7) is -1.52. The van der Waals surface area contributed by atoms with Gasteiger partial charge in [0.15, 0.2) is 0 Å². The van der Waals surface area contributed by atoms with Crippen molar-refractivity contribution in [2.75, 3.05) is 17.6 Å². The summed E-state index contributed by atoms with van der Waals surface area (Å²) in [6, 6.07) is 2.39. The minimum Gasteiger partial charge on any atom is -0.478 e. The Hall–Kier alpha value is -2.45. The minimum absolute atomic E-state index is 0.163. The molecule has 0 aliphatic carbocycles. The molecule has 0 unspecified atom stereocenters. The summed E-state index contributed by atoms with van der Waals surface area (Å²) in [5.41, 5.74) is 5.10. The van der Waals surface area contributed by atoms with Gasteiger partial charge in [-0.15, -0.1) is 0 Å². The van der Waals surface area contributed by atoms with Crippen molar-refractivity contribution in [3.8, 4) is 0 Å². The van der Waals surface area contributed by atoms with Crippen LogP contribution < -0.4 is 16.4 Å². The SMILES string of the molecule is Nc1ccc(C(=O)O)c(NC(=O)NCC(F)(F)F)c1. The van der Waals surface area contributed by atoms with Crippen LogP contribution in [0.25, 0.3) is 0 Å². The average Bonchev–Trinajstić information content (AvgIpc) is 2.25. The van der Waals surface area contributed by atoms with Crippen LogP contribution in [0, 0.1) is 0 Å². The lowest BCUT2D eigenvalue weighted by Crippen LogP contribution is -2.36. The lowest BCUT2D eigenvalue weighted by molar-refractivity contribution is -0.122. The number of amides is 2. The summed E-state index contributed by atoms with van der Waals surface area (Å²) in [4.78, 5) is 22.0. The van der Waals surface area contributed by atoms with E-state index in [1.807, 2.05) is 5.32 Å². The predicted octanol–water partition coefficient (Wildman–Crippen LogP) is 1.65. The Morgan fingerprint density at radius 1 is 1.32 bits per heavy atom. The van der Waals surface area contributed by atoms with Crippen molar-refractivity contribution in [2.45, 2.75) is 6.18 Å². The fourth-order valence-electron chi connectivity index (χ4n) is 1.20. The fraction of sp³-hybridized carbons (Fsp3) is 0.200. The number of aromatic carboxylic acids is 1. The van der Waals surface area contributed by atoms with Gasteiger partial charge in [0.2, 0.25) is 0 Å².